The summed E-state index contributed by atoms with van der Waals surface area (Å²) in [5.41, 5.74) is 1.22. The van der Waals surface area contributed by atoms with Crippen LogP contribution < -0.4 is 4.72 Å². The van der Waals surface area contributed by atoms with Crippen molar-refractivity contribution in [2.75, 3.05) is 4.72 Å². The van der Waals surface area contributed by atoms with Crippen molar-refractivity contribution in [2.24, 2.45) is 0 Å². The van der Waals surface area contributed by atoms with Crippen molar-refractivity contribution in [1.29, 1.82) is 0 Å². The summed E-state index contributed by atoms with van der Waals surface area (Å²) in [4.78, 5) is 13.2. The fourth-order valence-electron chi connectivity index (χ4n) is 2.29. The van der Waals surface area contributed by atoms with Crippen LogP contribution in [0.3, 0.4) is 0 Å². The molecule has 26 heavy (non-hydrogen) atoms. The van der Waals surface area contributed by atoms with E-state index in [-0.39, 0.29) is 16.1 Å². The third kappa shape index (κ3) is 3.94. The van der Waals surface area contributed by atoms with Crippen molar-refractivity contribution in [1.82, 2.24) is 0 Å². The zero-order valence-corrected chi connectivity index (χ0v) is 16.6. The maximum absolute atomic E-state index is 12.8. The molecule has 1 aromatic heterocycles. The zero-order valence-electron chi connectivity index (χ0n) is 13.5. The molecule has 0 spiro atoms. The molecule has 8 heteroatoms. The summed E-state index contributed by atoms with van der Waals surface area (Å²) in [6, 6.07) is 12.4. The number of nitrogens with one attached hydrogen (secondary N) is 1. The fourth-order valence-corrected chi connectivity index (χ4v) is 4.64. The van der Waals surface area contributed by atoms with Crippen molar-refractivity contribution in [3.8, 4) is 0 Å². The maximum atomic E-state index is 12.8. The molecule has 0 radical (unpaired) electrons. The molecule has 4 nitrogen and oxygen atoms in total. The Morgan fingerprint density at radius 2 is 1.73 bits per heavy atom. The molecule has 0 bridgehead atoms. The minimum Gasteiger partial charge on any atom is -0.288 e. The molecule has 2 aromatic carbocycles. The van der Waals surface area contributed by atoms with Gasteiger partial charge in [0.1, 0.15) is 0 Å². The van der Waals surface area contributed by atoms with Gasteiger partial charge in [0.25, 0.3) is 10.0 Å². The molecule has 0 saturated heterocycles. The minimum absolute atomic E-state index is 0.102. The molecule has 0 aliphatic heterocycles. The molecule has 0 aliphatic rings. The highest BCUT2D eigenvalue weighted by Gasteiger charge is 2.22. The second kappa shape index (κ2) is 7.40. The summed E-state index contributed by atoms with van der Waals surface area (Å²) in [7, 11) is -3.85. The topological polar surface area (TPSA) is 63.2 Å². The molecule has 0 amide bonds. The van der Waals surface area contributed by atoms with Gasteiger partial charge in [0.05, 0.1) is 20.5 Å². The quantitative estimate of drug-likeness (QED) is 0.556. The lowest BCUT2D eigenvalue weighted by Gasteiger charge is -2.12. The molecular formula is C18H13Cl2NO3S2. The van der Waals surface area contributed by atoms with Crippen LogP contribution in [0.25, 0.3) is 0 Å². The molecular weight excluding hydrogens is 413 g/mol. The first kappa shape index (κ1) is 18.9. The molecule has 1 heterocycles. The Balaban J connectivity index is 2.02. The Kier molecular flexibility index (Phi) is 5.39. The van der Waals surface area contributed by atoms with Crippen LogP contribution in [-0.2, 0) is 10.0 Å². The van der Waals surface area contributed by atoms with Gasteiger partial charge < -0.3 is 0 Å². The molecule has 3 rings (SSSR count). The summed E-state index contributed by atoms with van der Waals surface area (Å²) >= 11 is 13.2. The Hall–Kier alpha value is -1.86. The first-order valence-corrected chi connectivity index (χ1v) is 10.6. The van der Waals surface area contributed by atoms with E-state index in [4.69, 9.17) is 23.2 Å². The van der Waals surface area contributed by atoms with E-state index < -0.39 is 15.8 Å². The van der Waals surface area contributed by atoms with Crippen molar-refractivity contribution in [3.05, 3.63) is 80.0 Å². The van der Waals surface area contributed by atoms with E-state index in [2.05, 4.69) is 4.72 Å². The van der Waals surface area contributed by atoms with Gasteiger partial charge in [-0.1, -0.05) is 40.9 Å². The van der Waals surface area contributed by atoms with E-state index in [1.54, 1.807) is 23.6 Å². The predicted octanol–water partition coefficient (Wildman–Crippen LogP) is 5.40. The summed E-state index contributed by atoms with van der Waals surface area (Å²) in [6.07, 6.45) is 0. The van der Waals surface area contributed by atoms with E-state index in [1.165, 1.54) is 41.7 Å². The number of rotatable bonds is 5. The van der Waals surface area contributed by atoms with Gasteiger partial charge in [-0.2, -0.15) is 0 Å². The smallest absolute Gasteiger partial charge is 0.261 e. The highest BCUT2D eigenvalue weighted by molar-refractivity contribution is 7.92. The third-order valence-corrected chi connectivity index (χ3v) is 6.58. The lowest BCUT2D eigenvalue weighted by Crippen LogP contribution is -2.16. The Bertz CT molecular complexity index is 1070. The first-order chi connectivity index (χ1) is 12.3. The molecule has 134 valence electrons. The van der Waals surface area contributed by atoms with Gasteiger partial charge in [0, 0.05) is 10.6 Å². The molecule has 3 aromatic rings. The van der Waals surface area contributed by atoms with Gasteiger partial charge in [-0.05, 0) is 48.7 Å². The number of thiophene rings is 1. The van der Waals surface area contributed by atoms with Crippen LogP contribution in [0.2, 0.25) is 10.0 Å². The summed E-state index contributed by atoms with van der Waals surface area (Å²) in [6.45, 7) is 1.87. The highest BCUT2D eigenvalue weighted by Crippen LogP contribution is 2.30. The second-order valence-corrected chi connectivity index (χ2v) is 8.98. The summed E-state index contributed by atoms with van der Waals surface area (Å²) in [5, 5.41) is 2.32. The first-order valence-electron chi connectivity index (χ1n) is 7.44. The average molecular weight is 426 g/mol. The van der Waals surface area contributed by atoms with E-state index >= 15 is 0 Å². The number of carbonyl (C=O) groups excluding carboxylic acids is 1. The third-order valence-electron chi connectivity index (χ3n) is 3.63. The van der Waals surface area contributed by atoms with Crippen molar-refractivity contribution in [3.63, 3.8) is 0 Å². The summed E-state index contributed by atoms with van der Waals surface area (Å²) < 4.78 is 27.8. The second-order valence-electron chi connectivity index (χ2n) is 5.54. The van der Waals surface area contributed by atoms with Crippen LogP contribution >= 0.6 is 34.5 Å². The molecule has 0 unspecified atom stereocenters. The predicted molar refractivity (Wildman–Crippen MR) is 106 cm³/mol. The Morgan fingerprint density at radius 3 is 2.35 bits per heavy atom. The average Bonchev–Trinajstić information content (AvgIpc) is 3.02. The number of aryl methyl sites for hydroxylation is 1. The molecule has 0 atom stereocenters. The number of anilines is 1. The zero-order chi connectivity index (χ0) is 18.9. The standard InChI is InChI=1S/C18H13Cl2NO3S2/c1-11-2-5-13(6-3-11)26(23,24)21-16-7-4-12(19)10-14(16)17(22)18-15(20)8-9-25-18/h2-10,21H,1H3. The number of sulfonamides is 1. The van der Waals surface area contributed by atoms with Gasteiger partial charge in [-0.3, -0.25) is 9.52 Å². The number of benzene rings is 2. The van der Waals surface area contributed by atoms with Crippen LogP contribution in [-0.4, -0.2) is 14.2 Å². The SMILES string of the molecule is Cc1ccc(S(=O)(=O)Nc2ccc(Cl)cc2C(=O)c2sccc2Cl)cc1. The minimum atomic E-state index is -3.85. The van der Waals surface area contributed by atoms with Gasteiger partial charge in [0.15, 0.2) is 0 Å². The van der Waals surface area contributed by atoms with Crippen molar-refractivity contribution >= 4 is 56.0 Å². The Labute approximate surface area is 165 Å². The molecule has 1 N–H and O–H groups in total. The number of hydrogen-bond donors (Lipinski definition) is 1. The highest BCUT2D eigenvalue weighted by atomic mass is 35.5. The number of halogens is 2. The summed E-state index contributed by atoms with van der Waals surface area (Å²) in [5.74, 6) is -0.394. The lowest BCUT2D eigenvalue weighted by molar-refractivity contribution is 0.104. The molecule has 0 saturated carbocycles. The monoisotopic (exact) mass is 425 g/mol. The fraction of sp³-hybridized carbons (Fsp3) is 0.0556. The van der Waals surface area contributed by atoms with Gasteiger partial charge in [-0.15, -0.1) is 11.3 Å². The molecule has 0 aliphatic carbocycles. The van der Waals surface area contributed by atoms with Crippen LogP contribution in [0.15, 0.2) is 58.8 Å². The lowest BCUT2D eigenvalue weighted by atomic mass is 10.1. The van der Waals surface area contributed by atoms with Crippen LogP contribution in [0, 0.1) is 6.92 Å². The van der Waals surface area contributed by atoms with Crippen molar-refractivity contribution in [2.45, 2.75) is 11.8 Å². The van der Waals surface area contributed by atoms with E-state index in [9.17, 15) is 13.2 Å². The number of carbonyl (C=O) groups is 1. The van der Waals surface area contributed by atoms with Gasteiger partial charge in [-0.25, -0.2) is 8.42 Å². The normalized spacial score (nSPS) is 11.3. The van der Waals surface area contributed by atoms with Crippen LogP contribution in [0.1, 0.15) is 20.8 Å². The maximum Gasteiger partial charge on any atom is 0.261 e. The Morgan fingerprint density at radius 1 is 1.04 bits per heavy atom. The van der Waals surface area contributed by atoms with Crippen LogP contribution in [0.4, 0.5) is 5.69 Å². The largest absolute Gasteiger partial charge is 0.288 e. The van der Waals surface area contributed by atoms with E-state index in [1.807, 2.05) is 6.92 Å². The van der Waals surface area contributed by atoms with Gasteiger partial charge >= 0.3 is 0 Å². The number of hydrogen-bond acceptors (Lipinski definition) is 4. The van der Waals surface area contributed by atoms with Crippen molar-refractivity contribution < 1.29 is 13.2 Å². The van der Waals surface area contributed by atoms with Crippen LogP contribution in [0.5, 0.6) is 0 Å². The van der Waals surface area contributed by atoms with E-state index in [0.29, 0.717) is 14.9 Å². The van der Waals surface area contributed by atoms with E-state index in [0.717, 1.165) is 5.56 Å². The molecule has 0 fully saturated rings. The van der Waals surface area contributed by atoms with Gasteiger partial charge in [0.2, 0.25) is 5.78 Å². The number of ketones is 1.